The lowest BCUT2D eigenvalue weighted by atomic mass is 10.0. The van der Waals surface area contributed by atoms with Gasteiger partial charge in [-0.1, -0.05) is 13.8 Å². The molecule has 0 aromatic carbocycles. The van der Waals surface area contributed by atoms with Gasteiger partial charge in [-0.3, -0.25) is 4.99 Å². The second-order valence-corrected chi connectivity index (χ2v) is 7.60. The fraction of sp³-hybridized carbons (Fsp3) is 0.929. The molecule has 2 N–H and O–H groups in total. The van der Waals surface area contributed by atoms with Gasteiger partial charge in [0.25, 0.3) is 0 Å². The minimum Gasteiger partial charge on any atom is -0.378 e. The summed E-state index contributed by atoms with van der Waals surface area (Å²) in [5.41, 5.74) is 0. The molecule has 0 aromatic heterocycles. The van der Waals surface area contributed by atoms with Crippen molar-refractivity contribution in [1.29, 1.82) is 0 Å². The van der Waals surface area contributed by atoms with Crippen LogP contribution in [-0.4, -0.2) is 58.7 Å². The van der Waals surface area contributed by atoms with Gasteiger partial charge >= 0.3 is 0 Å². The van der Waals surface area contributed by atoms with Crippen molar-refractivity contribution in [3.05, 3.63) is 0 Å². The van der Waals surface area contributed by atoms with Crippen molar-refractivity contribution in [2.75, 3.05) is 38.2 Å². The lowest BCUT2D eigenvalue weighted by molar-refractivity contribution is 0.0266. The first-order valence-electron chi connectivity index (χ1n) is 7.61. The van der Waals surface area contributed by atoms with Crippen molar-refractivity contribution in [1.82, 2.24) is 10.6 Å². The average Bonchev–Trinajstić information content (AvgIpc) is 2.36. The van der Waals surface area contributed by atoms with Crippen molar-refractivity contribution >= 4 is 15.8 Å². The third kappa shape index (κ3) is 11.5. The largest absolute Gasteiger partial charge is 0.378 e. The monoisotopic (exact) mass is 321 g/mol. The smallest absolute Gasteiger partial charge is 0.191 e. The van der Waals surface area contributed by atoms with E-state index in [9.17, 15) is 8.42 Å². The maximum absolute atomic E-state index is 11.1. The fourth-order valence-corrected chi connectivity index (χ4v) is 2.30. The number of hydrogen-bond donors (Lipinski definition) is 2. The maximum atomic E-state index is 11.1. The van der Waals surface area contributed by atoms with Crippen LogP contribution in [0, 0.1) is 5.92 Å². The summed E-state index contributed by atoms with van der Waals surface area (Å²) in [5, 5.41) is 6.14. The van der Waals surface area contributed by atoms with Gasteiger partial charge in [-0.2, -0.15) is 0 Å². The summed E-state index contributed by atoms with van der Waals surface area (Å²) in [4.78, 5) is 4.46. The molecule has 0 aliphatic heterocycles. The molecule has 7 heteroatoms. The van der Waals surface area contributed by atoms with Crippen LogP contribution in [0.25, 0.3) is 0 Å². The molecule has 1 atom stereocenters. The Morgan fingerprint density at radius 2 is 1.90 bits per heavy atom. The van der Waals surface area contributed by atoms with E-state index in [4.69, 9.17) is 4.74 Å². The molecule has 0 radical (unpaired) electrons. The van der Waals surface area contributed by atoms with Gasteiger partial charge in [0.1, 0.15) is 9.84 Å². The van der Waals surface area contributed by atoms with Gasteiger partial charge in [0.2, 0.25) is 0 Å². The first-order valence-corrected chi connectivity index (χ1v) is 9.67. The van der Waals surface area contributed by atoms with Crippen LogP contribution in [0.15, 0.2) is 4.99 Å². The Morgan fingerprint density at radius 3 is 2.38 bits per heavy atom. The molecular formula is C14H31N3O3S. The average molecular weight is 321 g/mol. The van der Waals surface area contributed by atoms with Crippen LogP contribution in [-0.2, 0) is 14.6 Å². The summed E-state index contributed by atoms with van der Waals surface area (Å²) in [6, 6.07) is 0. The van der Waals surface area contributed by atoms with Gasteiger partial charge in [0, 0.05) is 32.5 Å². The van der Waals surface area contributed by atoms with E-state index in [1.807, 2.05) is 13.8 Å². The van der Waals surface area contributed by atoms with Gasteiger partial charge in [-0.25, -0.2) is 8.42 Å². The number of hydrogen-bond acceptors (Lipinski definition) is 4. The summed E-state index contributed by atoms with van der Waals surface area (Å²) >= 11 is 0. The summed E-state index contributed by atoms with van der Waals surface area (Å²) in [6.07, 6.45) is 2.29. The van der Waals surface area contributed by atoms with Crippen LogP contribution in [0.3, 0.4) is 0 Å². The van der Waals surface area contributed by atoms with Crippen molar-refractivity contribution in [2.45, 2.75) is 40.2 Å². The van der Waals surface area contributed by atoms with E-state index in [2.05, 4.69) is 29.5 Å². The van der Waals surface area contributed by atoms with Crippen molar-refractivity contribution in [2.24, 2.45) is 10.9 Å². The molecular weight excluding hydrogens is 290 g/mol. The molecule has 0 amide bonds. The predicted octanol–water partition coefficient (Wildman–Crippen LogP) is 1.04. The molecule has 0 saturated carbocycles. The fourth-order valence-electron chi connectivity index (χ4n) is 1.82. The van der Waals surface area contributed by atoms with Crippen LogP contribution in [0.1, 0.15) is 34.1 Å². The second kappa shape index (κ2) is 10.8. The number of rotatable bonds is 10. The standard InChI is InChI=1S/C14H31N3O3S/c1-6-15-14(17-10-11-21(5,18)19)16-9-8-13(12(3)4)20-7-2/h12-13H,6-11H2,1-5H3,(H2,15,16,17). The highest BCUT2D eigenvalue weighted by Crippen LogP contribution is 2.10. The zero-order chi connectivity index (χ0) is 16.3. The zero-order valence-electron chi connectivity index (χ0n) is 14.0. The van der Waals surface area contributed by atoms with Crippen LogP contribution in [0.5, 0.6) is 0 Å². The quantitative estimate of drug-likeness (QED) is 0.464. The van der Waals surface area contributed by atoms with Gasteiger partial charge in [0.05, 0.1) is 11.9 Å². The molecule has 0 rings (SSSR count). The highest BCUT2D eigenvalue weighted by molar-refractivity contribution is 7.90. The molecule has 0 heterocycles. The van der Waals surface area contributed by atoms with Crippen LogP contribution < -0.4 is 10.6 Å². The number of guanidine groups is 1. The molecule has 0 aliphatic rings. The van der Waals surface area contributed by atoms with E-state index >= 15 is 0 Å². The Labute approximate surface area is 129 Å². The van der Waals surface area contributed by atoms with E-state index in [1.54, 1.807) is 0 Å². The Balaban J connectivity index is 4.31. The Bertz CT molecular complexity index is 394. The van der Waals surface area contributed by atoms with Crippen LogP contribution >= 0.6 is 0 Å². The lowest BCUT2D eigenvalue weighted by Gasteiger charge is -2.20. The highest BCUT2D eigenvalue weighted by Gasteiger charge is 2.12. The van der Waals surface area contributed by atoms with Gasteiger partial charge in [-0.15, -0.1) is 0 Å². The number of nitrogens with zero attached hydrogens (tertiary/aromatic N) is 1. The van der Waals surface area contributed by atoms with E-state index in [1.165, 1.54) is 6.26 Å². The Kier molecular flexibility index (Phi) is 10.4. The van der Waals surface area contributed by atoms with Crippen LogP contribution in [0.4, 0.5) is 0 Å². The number of aliphatic imine (C=N–C) groups is 1. The normalized spacial score (nSPS) is 14.3. The molecule has 21 heavy (non-hydrogen) atoms. The first kappa shape index (κ1) is 20.2. The molecule has 0 aliphatic carbocycles. The van der Waals surface area contributed by atoms with E-state index in [0.717, 1.165) is 13.0 Å². The summed E-state index contributed by atoms with van der Waals surface area (Å²) < 4.78 is 27.9. The predicted molar refractivity (Wildman–Crippen MR) is 88.6 cm³/mol. The third-order valence-corrected chi connectivity index (χ3v) is 3.86. The van der Waals surface area contributed by atoms with E-state index < -0.39 is 9.84 Å². The molecule has 0 bridgehead atoms. The molecule has 0 saturated heterocycles. The van der Waals surface area contributed by atoms with E-state index in [-0.39, 0.29) is 11.9 Å². The number of sulfone groups is 1. The minimum atomic E-state index is -2.95. The first-order chi connectivity index (χ1) is 9.80. The van der Waals surface area contributed by atoms with Crippen LogP contribution in [0.2, 0.25) is 0 Å². The van der Waals surface area contributed by atoms with E-state index in [0.29, 0.717) is 31.6 Å². The molecule has 1 unspecified atom stereocenters. The highest BCUT2D eigenvalue weighted by atomic mass is 32.2. The summed E-state index contributed by atoms with van der Waals surface area (Å²) in [7, 11) is -2.95. The Hall–Kier alpha value is -0.820. The van der Waals surface area contributed by atoms with Crippen molar-refractivity contribution in [3.63, 3.8) is 0 Å². The SMILES string of the molecule is CCNC(=NCCC(OCC)C(C)C)NCCS(C)(=O)=O. The van der Waals surface area contributed by atoms with Gasteiger partial charge in [0.15, 0.2) is 5.96 Å². The number of nitrogens with one attached hydrogen (secondary N) is 2. The molecule has 0 fully saturated rings. The van der Waals surface area contributed by atoms with Crippen molar-refractivity contribution in [3.8, 4) is 0 Å². The molecule has 126 valence electrons. The number of ether oxygens (including phenoxy) is 1. The third-order valence-electron chi connectivity index (χ3n) is 2.92. The zero-order valence-corrected chi connectivity index (χ0v) is 14.8. The summed E-state index contributed by atoms with van der Waals surface area (Å²) in [5.74, 6) is 1.21. The molecule has 0 spiro atoms. The Morgan fingerprint density at radius 1 is 1.24 bits per heavy atom. The molecule has 6 nitrogen and oxygen atoms in total. The van der Waals surface area contributed by atoms with Gasteiger partial charge < -0.3 is 15.4 Å². The van der Waals surface area contributed by atoms with Crippen molar-refractivity contribution < 1.29 is 13.2 Å². The summed E-state index contributed by atoms with van der Waals surface area (Å²) in [6.45, 7) is 10.7. The second-order valence-electron chi connectivity index (χ2n) is 5.34. The molecule has 0 aromatic rings. The van der Waals surface area contributed by atoms with Gasteiger partial charge in [-0.05, 0) is 26.2 Å². The maximum Gasteiger partial charge on any atom is 0.191 e. The topological polar surface area (TPSA) is 79.8 Å². The minimum absolute atomic E-state index is 0.102. The lowest BCUT2D eigenvalue weighted by Crippen LogP contribution is -2.39.